The molecule has 0 bridgehead atoms. The van der Waals surface area contributed by atoms with E-state index in [1.807, 2.05) is 76.0 Å². The highest BCUT2D eigenvalue weighted by Crippen LogP contribution is 2.45. The summed E-state index contributed by atoms with van der Waals surface area (Å²) in [5.74, 6) is -2.23. The largest absolute Gasteiger partial charge is 0.462 e. The molecule has 3 aromatic carbocycles. The smallest absolute Gasteiger partial charge is 0.311 e. The first-order valence-electron chi connectivity index (χ1n) is 17.5. The number of amides is 1. The molecule has 3 aromatic rings. The molecule has 2 atom stereocenters. The second-order valence-corrected chi connectivity index (χ2v) is 15.0. The summed E-state index contributed by atoms with van der Waals surface area (Å²) in [7, 11) is 1.84. The minimum atomic E-state index is -1.03. The first-order chi connectivity index (χ1) is 25.0. The summed E-state index contributed by atoms with van der Waals surface area (Å²) in [6.07, 6.45) is 0.0752. The van der Waals surface area contributed by atoms with E-state index in [2.05, 4.69) is 12.1 Å². The van der Waals surface area contributed by atoms with Crippen LogP contribution in [-0.4, -0.2) is 61.0 Å². The molecule has 10 nitrogen and oxygen atoms in total. The third kappa shape index (κ3) is 11.1. The first-order valence-corrected chi connectivity index (χ1v) is 18.3. The molecule has 1 aliphatic rings. The number of ether oxygens (including phenoxy) is 4. The summed E-state index contributed by atoms with van der Waals surface area (Å²) in [6, 6.07) is 17.5. The van der Waals surface area contributed by atoms with Crippen molar-refractivity contribution < 1.29 is 42.9 Å². The van der Waals surface area contributed by atoms with E-state index in [1.54, 1.807) is 6.07 Å². The van der Waals surface area contributed by atoms with Gasteiger partial charge in [0.1, 0.15) is 19.0 Å². The summed E-state index contributed by atoms with van der Waals surface area (Å²) in [6.45, 7) is 9.49. The summed E-state index contributed by atoms with van der Waals surface area (Å²) in [5.41, 5.74) is 5.02. The Kier molecular flexibility index (Phi) is 14.1. The van der Waals surface area contributed by atoms with Crippen molar-refractivity contribution in [2.24, 2.45) is 0 Å². The Balaban J connectivity index is 1.46. The molecule has 0 radical (unpaired) electrons. The number of carbonyl (C=O) groups is 5. The zero-order chi connectivity index (χ0) is 39.0. The Labute approximate surface area is 321 Å². The average Bonchev–Trinajstić information content (AvgIpc) is 3.08. The Morgan fingerprint density at radius 3 is 2.08 bits per heavy atom. The lowest BCUT2D eigenvalue weighted by Crippen LogP contribution is -2.37. The number of fused-ring (bicyclic) bond motifs is 1. The van der Waals surface area contributed by atoms with E-state index in [-0.39, 0.29) is 50.3 Å². The van der Waals surface area contributed by atoms with Crippen LogP contribution in [0.3, 0.4) is 0 Å². The predicted octanol–water partition coefficient (Wildman–Crippen LogP) is 8.13. The Morgan fingerprint density at radius 2 is 1.45 bits per heavy atom. The number of hydrogen-bond donors (Lipinski definition) is 0. The van der Waals surface area contributed by atoms with Gasteiger partial charge >= 0.3 is 23.9 Å². The molecule has 1 unspecified atom stereocenters. The molecule has 1 aliphatic carbocycles. The fourth-order valence-corrected chi connectivity index (χ4v) is 7.35. The van der Waals surface area contributed by atoms with Gasteiger partial charge < -0.3 is 23.8 Å². The number of carbonyl (C=O) groups excluding carboxylic acids is 5. The maximum atomic E-state index is 14.1. The molecule has 12 heteroatoms. The molecule has 53 heavy (non-hydrogen) atoms. The minimum absolute atomic E-state index is 0.0557. The number of nitrogens with zero attached hydrogens (tertiary/aromatic N) is 1. The number of hydrogen-bond acceptors (Lipinski definition) is 9. The number of aryl methyl sites for hydroxylation is 2. The Morgan fingerprint density at radius 1 is 0.830 bits per heavy atom. The van der Waals surface area contributed by atoms with Gasteiger partial charge in [-0.1, -0.05) is 73.4 Å². The topological polar surface area (TPSA) is 126 Å². The fourth-order valence-electron chi connectivity index (χ4n) is 7.05. The van der Waals surface area contributed by atoms with Crippen LogP contribution in [0.15, 0.2) is 54.6 Å². The Bertz CT molecular complexity index is 1840. The lowest BCUT2D eigenvalue weighted by Gasteiger charge is -2.38. The zero-order valence-corrected chi connectivity index (χ0v) is 32.8. The van der Waals surface area contributed by atoms with Gasteiger partial charge in [-0.15, -0.1) is 0 Å². The number of halogens is 2. The van der Waals surface area contributed by atoms with E-state index in [1.165, 1.54) is 13.8 Å². The van der Waals surface area contributed by atoms with Crippen molar-refractivity contribution in [3.8, 4) is 5.75 Å². The van der Waals surface area contributed by atoms with Crippen molar-refractivity contribution in [2.45, 2.75) is 97.1 Å². The van der Waals surface area contributed by atoms with Crippen LogP contribution in [-0.2, 0) is 43.6 Å². The molecule has 0 N–H and O–H groups in total. The molecule has 0 spiro atoms. The van der Waals surface area contributed by atoms with Crippen LogP contribution in [0.1, 0.15) is 105 Å². The van der Waals surface area contributed by atoms with Crippen LogP contribution >= 0.6 is 23.2 Å². The number of benzene rings is 3. The molecule has 0 saturated carbocycles. The third-order valence-electron chi connectivity index (χ3n) is 9.38. The van der Waals surface area contributed by atoms with Crippen LogP contribution < -0.4 is 4.74 Å². The highest BCUT2D eigenvalue weighted by Gasteiger charge is 2.36. The van der Waals surface area contributed by atoms with Gasteiger partial charge in [-0.2, -0.15) is 0 Å². The quantitative estimate of drug-likeness (QED) is 0.0908. The van der Waals surface area contributed by atoms with E-state index >= 15 is 0 Å². The van der Waals surface area contributed by atoms with Gasteiger partial charge in [0.2, 0.25) is 5.91 Å². The van der Waals surface area contributed by atoms with Gasteiger partial charge in [0, 0.05) is 44.2 Å². The van der Waals surface area contributed by atoms with Crippen LogP contribution in [0, 0.1) is 13.8 Å². The summed E-state index contributed by atoms with van der Waals surface area (Å²) < 4.78 is 20.9. The normalized spacial score (nSPS) is 15.3. The van der Waals surface area contributed by atoms with Crippen LogP contribution in [0.25, 0.3) is 0 Å². The van der Waals surface area contributed by atoms with Gasteiger partial charge in [-0.05, 0) is 72.7 Å². The van der Waals surface area contributed by atoms with Gasteiger partial charge in [0.15, 0.2) is 6.10 Å². The molecule has 284 valence electrons. The molecule has 1 amide bonds. The molecule has 4 rings (SSSR count). The molecule has 0 fully saturated rings. The first kappa shape index (κ1) is 41.3. The second kappa shape index (κ2) is 18.1. The maximum absolute atomic E-state index is 14.1. The van der Waals surface area contributed by atoms with E-state index in [9.17, 15) is 24.0 Å². The molecule has 0 saturated heterocycles. The number of rotatable bonds is 14. The summed E-state index contributed by atoms with van der Waals surface area (Å²) in [5, 5.41) is 1.02. The van der Waals surface area contributed by atoms with Crippen LogP contribution in [0.4, 0.5) is 0 Å². The molecule has 0 aliphatic heterocycles. The second-order valence-electron chi connectivity index (χ2n) is 14.2. The zero-order valence-electron chi connectivity index (χ0n) is 31.3. The molecular formula is C41H47Cl2NO9. The van der Waals surface area contributed by atoms with Crippen molar-refractivity contribution in [2.75, 3.05) is 20.3 Å². The summed E-state index contributed by atoms with van der Waals surface area (Å²) in [4.78, 5) is 64.1. The van der Waals surface area contributed by atoms with E-state index in [0.717, 1.165) is 40.7 Å². The molecule has 0 aromatic heterocycles. The van der Waals surface area contributed by atoms with Crippen molar-refractivity contribution >= 4 is 53.0 Å². The van der Waals surface area contributed by atoms with Gasteiger partial charge in [-0.25, -0.2) is 0 Å². The highest BCUT2D eigenvalue weighted by atomic mass is 35.5. The van der Waals surface area contributed by atoms with E-state index in [0.29, 0.717) is 21.4 Å². The SMILES string of the molecule is CC(=O)OCC(COC(C)=O)OC(=O)CCC(=O)Oc1cc(C)cc(C)c1C(C)(C)CC(=O)N(C)C1CC[C@@H](c2ccc(Cl)c(Cl)c2)c2ccccc21. The maximum Gasteiger partial charge on any atom is 0.311 e. The van der Waals surface area contributed by atoms with Crippen LogP contribution in [0.2, 0.25) is 10.0 Å². The van der Waals surface area contributed by atoms with E-state index in [4.69, 9.17) is 42.1 Å². The lowest BCUT2D eigenvalue weighted by atomic mass is 9.75. The predicted molar refractivity (Wildman–Crippen MR) is 201 cm³/mol. The Hall–Kier alpha value is -4.41. The van der Waals surface area contributed by atoms with E-state index < -0.39 is 35.4 Å². The lowest BCUT2D eigenvalue weighted by molar-refractivity contribution is -0.165. The average molecular weight is 769 g/mol. The fraction of sp³-hybridized carbons (Fsp3) is 0.439. The van der Waals surface area contributed by atoms with Crippen molar-refractivity contribution in [3.63, 3.8) is 0 Å². The van der Waals surface area contributed by atoms with Crippen molar-refractivity contribution in [1.29, 1.82) is 0 Å². The standard InChI is InChI=1S/C41H47Cl2NO9/c1-24-18-25(2)40(36(19-24)53-39(49)17-16-38(48)52-29(22-50-26(3)45)23-51-27(4)46)41(5,6)21-37(47)44(7)35-15-13-30(31-10-8-9-11-32(31)35)28-12-14-33(42)34(43)20-28/h8-12,14,18-20,29-30,35H,13,15-17,21-23H2,1-7H3/t30-,35?/m0/s1. The summed E-state index contributed by atoms with van der Waals surface area (Å²) >= 11 is 12.6. The molecular weight excluding hydrogens is 721 g/mol. The number of esters is 4. The van der Waals surface area contributed by atoms with Crippen molar-refractivity contribution in [1.82, 2.24) is 4.90 Å². The highest BCUT2D eigenvalue weighted by molar-refractivity contribution is 6.42. The molecule has 0 heterocycles. The van der Waals surface area contributed by atoms with Gasteiger partial charge in [-0.3, -0.25) is 24.0 Å². The monoisotopic (exact) mass is 767 g/mol. The third-order valence-corrected chi connectivity index (χ3v) is 10.1. The van der Waals surface area contributed by atoms with Crippen LogP contribution in [0.5, 0.6) is 5.75 Å². The minimum Gasteiger partial charge on any atom is -0.462 e. The van der Waals surface area contributed by atoms with Crippen molar-refractivity contribution in [3.05, 3.63) is 98.0 Å². The van der Waals surface area contributed by atoms with Gasteiger partial charge in [0.25, 0.3) is 0 Å². The van der Waals surface area contributed by atoms with Gasteiger partial charge in [0.05, 0.1) is 28.9 Å².